The highest BCUT2D eigenvalue weighted by atomic mass is 19.1. The summed E-state index contributed by atoms with van der Waals surface area (Å²) < 4.78 is 56.1. The number of rotatable bonds is 3. The second-order valence-corrected chi connectivity index (χ2v) is 8.34. The van der Waals surface area contributed by atoms with Gasteiger partial charge in [0.15, 0.2) is 11.4 Å². The van der Waals surface area contributed by atoms with Gasteiger partial charge in [-0.3, -0.25) is 14.4 Å². The molecule has 1 aromatic carbocycles. The van der Waals surface area contributed by atoms with Gasteiger partial charge in [0.1, 0.15) is 29.2 Å². The van der Waals surface area contributed by atoms with Crippen LogP contribution >= 0.6 is 0 Å². The summed E-state index contributed by atoms with van der Waals surface area (Å²) in [6, 6.07) is 0.160. The van der Waals surface area contributed by atoms with Gasteiger partial charge in [0.05, 0.1) is 6.04 Å². The molecule has 0 spiro atoms. The Morgan fingerprint density at radius 2 is 1.84 bits per heavy atom. The van der Waals surface area contributed by atoms with Crippen molar-refractivity contribution in [2.24, 2.45) is 5.92 Å². The van der Waals surface area contributed by atoms with Gasteiger partial charge < -0.3 is 19.9 Å². The van der Waals surface area contributed by atoms with E-state index in [2.05, 4.69) is 5.32 Å². The molecule has 168 valence electrons. The van der Waals surface area contributed by atoms with Crippen molar-refractivity contribution in [3.63, 3.8) is 0 Å². The van der Waals surface area contributed by atoms with Crippen molar-refractivity contribution >= 4 is 11.8 Å². The Kier molecular flexibility index (Phi) is 4.54. The monoisotopic (exact) mass is 451 g/mol. The van der Waals surface area contributed by atoms with Crippen LogP contribution in [0.2, 0.25) is 0 Å². The fourth-order valence-electron chi connectivity index (χ4n) is 5.14. The predicted molar refractivity (Wildman–Crippen MR) is 101 cm³/mol. The molecule has 0 radical (unpaired) electrons. The summed E-state index contributed by atoms with van der Waals surface area (Å²) in [7, 11) is 0. The van der Waals surface area contributed by atoms with E-state index >= 15 is 0 Å². The number of aromatic nitrogens is 1. The SMILES string of the molecule is O=C(NCc1c(F)cc(F)cc1F)c1cn2c(c(O)c1=O)C(=O)N1[C@H]3CC(F)C(C3)[C@H]1C2. The first-order valence-electron chi connectivity index (χ1n) is 10.0. The second kappa shape index (κ2) is 7.07. The number of amides is 2. The number of benzene rings is 1. The maximum Gasteiger partial charge on any atom is 0.275 e. The number of carbonyl (C=O) groups is 2. The summed E-state index contributed by atoms with van der Waals surface area (Å²) in [5.41, 5.74) is -2.55. The van der Waals surface area contributed by atoms with Crippen molar-refractivity contribution in [2.75, 3.05) is 0 Å². The van der Waals surface area contributed by atoms with E-state index in [-0.39, 0.29) is 30.6 Å². The van der Waals surface area contributed by atoms with Crippen LogP contribution in [0.15, 0.2) is 23.1 Å². The van der Waals surface area contributed by atoms with E-state index in [1.54, 1.807) is 0 Å². The van der Waals surface area contributed by atoms with Crippen molar-refractivity contribution < 1.29 is 32.3 Å². The molecule has 1 saturated carbocycles. The Bertz CT molecular complexity index is 1210. The molecule has 2 N–H and O–H groups in total. The van der Waals surface area contributed by atoms with Crippen molar-refractivity contribution in [1.29, 1.82) is 0 Å². The summed E-state index contributed by atoms with van der Waals surface area (Å²) in [5.74, 6) is -6.47. The van der Waals surface area contributed by atoms with E-state index in [0.717, 1.165) is 6.20 Å². The lowest BCUT2D eigenvalue weighted by Crippen LogP contribution is -2.54. The molecule has 3 heterocycles. The average Bonchev–Trinajstić information content (AvgIpc) is 3.26. The van der Waals surface area contributed by atoms with E-state index in [4.69, 9.17) is 0 Å². The lowest BCUT2D eigenvalue weighted by atomic mass is 9.94. The van der Waals surface area contributed by atoms with Gasteiger partial charge in [0.25, 0.3) is 11.8 Å². The molecular formula is C21H17F4N3O4. The maximum atomic E-state index is 14.2. The quantitative estimate of drug-likeness (QED) is 0.697. The summed E-state index contributed by atoms with van der Waals surface area (Å²) in [6.07, 6.45) is 0.749. The zero-order chi connectivity index (χ0) is 22.9. The molecule has 1 aliphatic carbocycles. The Hall–Kier alpha value is -3.37. The number of nitrogens with zero attached hydrogens (tertiary/aromatic N) is 2. The second-order valence-electron chi connectivity index (χ2n) is 8.34. The Morgan fingerprint density at radius 3 is 2.53 bits per heavy atom. The van der Waals surface area contributed by atoms with Crippen LogP contribution in [0.5, 0.6) is 5.75 Å². The van der Waals surface area contributed by atoms with Crippen molar-refractivity contribution in [3.8, 4) is 5.75 Å². The average molecular weight is 451 g/mol. The van der Waals surface area contributed by atoms with E-state index in [1.165, 1.54) is 9.47 Å². The molecule has 5 rings (SSSR count). The van der Waals surface area contributed by atoms with Crippen LogP contribution < -0.4 is 10.7 Å². The van der Waals surface area contributed by atoms with Gasteiger partial charge in [0, 0.05) is 48.9 Å². The minimum atomic E-state index is -1.21. The van der Waals surface area contributed by atoms with Gasteiger partial charge in [-0.1, -0.05) is 0 Å². The number of alkyl halides is 1. The van der Waals surface area contributed by atoms with E-state index in [9.17, 15) is 37.1 Å². The third kappa shape index (κ3) is 2.90. The number of pyridine rings is 1. The highest BCUT2D eigenvalue weighted by Crippen LogP contribution is 2.47. The zero-order valence-electron chi connectivity index (χ0n) is 16.4. The summed E-state index contributed by atoms with van der Waals surface area (Å²) in [5, 5.41) is 12.6. The Labute approximate surface area is 178 Å². The topological polar surface area (TPSA) is 91.6 Å². The largest absolute Gasteiger partial charge is 0.503 e. The van der Waals surface area contributed by atoms with Gasteiger partial charge >= 0.3 is 0 Å². The first kappa shape index (κ1) is 20.5. The minimum Gasteiger partial charge on any atom is -0.503 e. The highest BCUT2D eigenvalue weighted by molar-refractivity contribution is 5.99. The fraction of sp³-hybridized carbons (Fsp3) is 0.381. The van der Waals surface area contributed by atoms with Gasteiger partial charge in [-0.15, -0.1) is 0 Å². The van der Waals surface area contributed by atoms with Crippen LogP contribution in [0.25, 0.3) is 0 Å². The number of carbonyl (C=O) groups excluding carboxylic acids is 2. The number of hydrogen-bond donors (Lipinski definition) is 2. The lowest BCUT2D eigenvalue weighted by molar-refractivity contribution is 0.0350. The van der Waals surface area contributed by atoms with Gasteiger partial charge in [0.2, 0.25) is 5.43 Å². The highest BCUT2D eigenvalue weighted by Gasteiger charge is 2.56. The smallest absolute Gasteiger partial charge is 0.275 e. The fourth-order valence-corrected chi connectivity index (χ4v) is 5.14. The molecule has 2 aromatic rings. The first-order chi connectivity index (χ1) is 15.2. The number of nitrogens with one attached hydrogen (secondary N) is 1. The molecule has 7 nitrogen and oxygen atoms in total. The predicted octanol–water partition coefficient (Wildman–Crippen LogP) is 1.86. The summed E-state index contributed by atoms with van der Waals surface area (Å²) >= 11 is 0. The lowest BCUT2D eigenvalue weighted by Gasteiger charge is -2.41. The van der Waals surface area contributed by atoms with Crippen LogP contribution in [0.1, 0.15) is 39.3 Å². The van der Waals surface area contributed by atoms with Crippen LogP contribution in [0.3, 0.4) is 0 Å². The van der Waals surface area contributed by atoms with Crippen LogP contribution in [0.4, 0.5) is 17.6 Å². The molecule has 2 bridgehead atoms. The van der Waals surface area contributed by atoms with Crippen LogP contribution in [-0.4, -0.2) is 44.6 Å². The Morgan fingerprint density at radius 1 is 1.16 bits per heavy atom. The van der Waals surface area contributed by atoms with Crippen molar-refractivity contribution in [3.05, 3.63) is 62.8 Å². The maximum absolute atomic E-state index is 14.2. The molecule has 11 heteroatoms. The number of piperidine rings is 1. The minimum absolute atomic E-state index is 0.0952. The molecule has 32 heavy (non-hydrogen) atoms. The van der Waals surface area contributed by atoms with E-state index < -0.39 is 70.3 Å². The zero-order valence-corrected chi connectivity index (χ0v) is 16.4. The number of fused-ring (bicyclic) bond motifs is 6. The molecule has 2 unspecified atom stereocenters. The van der Waals surface area contributed by atoms with Crippen molar-refractivity contribution in [2.45, 2.75) is 44.2 Å². The molecular weight excluding hydrogens is 434 g/mol. The summed E-state index contributed by atoms with van der Waals surface area (Å²) in [4.78, 5) is 39.6. The van der Waals surface area contributed by atoms with Gasteiger partial charge in [-0.05, 0) is 12.8 Å². The van der Waals surface area contributed by atoms with Crippen LogP contribution in [0, 0.1) is 23.4 Å². The number of halogens is 4. The number of hydrogen-bond acceptors (Lipinski definition) is 4. The number of aromatic hydroxyl groups is 1. The van der Waals surface area contributed by atoms with E-state index in [0.29, 0.717) is 18.6 Å². The summed E-state index contributed by atoms with van der Waals surface area (Å²) in [6.45, 7) is -0.584. The van der Waals surface area contributed by atoms with E-state index in [1.807, 2.05) is 0 Å². The standard InChI is InChI=1S/C21H17F4N3O4/c22-8-1-13(23)11(14(24)2-8)5-26-20(31)12-6-27-7-16-10-3-9(4-15(10)25)28(16)21(32)17(27)19(30)18(12)29/h1-2,6,9-10,15-16,30H,3-5,7H2,(H,26,31)/t9-,10?,15?,16-/m1/s1. The Balaban J connectivity index is 1.45. The molecule has 1 aromatic heterocycles. The molecule has 3 aliphatic rings. The first-order valence-corrected chi connectivity index (χ1v) is 10.0. The van der Waals surface area contributed by atoms with Crippen molar-refractivity contribution in [1.82, 2.24) is 14.8 Å². The van der Waals surface area contributed by atoms with Gasteiger partial charge in [-0.25, -0.2) is 17.6 Å². The van der Waals surface area contributed by atoms with Crippen LogP contribution in [-0.2, 0) is 13.1 Å². The normalized spacial score (nSPS) is 25.6. The molecule has 1 saturated heterocycles. The third-order valence-corrected chi connectivity index (χ3v) is 6.60. The third-order valence-electron chi connectivity index (χ3n) is 6.60. The molecule has 2 fully saturated rings. The molecule has 4 atom stereocenters. The molecule has 2 aliphatic heterocycles. The molecule has 2 amide bonds. The van der Waals surface area contributed by atoms with Gasteiger partial charge in [-0.2, -0.15) is 0 Å².